The van der Waals surface area contributed by atoms with Crippen LogP contribution >= 0.6 is 0 Å². The fourth-order valence-corrected chi connectivity index (χ4v) is 0.963. The SMILES string of the molecule is CC1(C(=O)OCCN)COC(=O)OC1. The van der Waals surface area contributed by atoms with Crippen LogP contribution in [0.1, 0.15) is 6.92 Å². The minimum atomic E-state index is -0.914. The van der Waals surface area contributed by atoms with E-state index in [-0.39, 0.29) is 26.4 Å². The average molecular weight is 203 g/mol. The molecule has 1 saturated heterocycles. The van der Waals surface area contributed by atoms with Gasteiger partial charge in [-0.3, -0.25) is 4.79 Å². The minimum Gasteiger partial charge on any atom is -0.464 e. The summed E-state index contributed by atoms with van der Waals surface area (Å²) in [5, 5.41) is 0. The third-order valence-electron chi connectivity index (χ3n) is 1.86. The maximum absolute atomic E-state index is 11.4. The molecule has 0 spiro atoms. The largest absolute Gasteiger partial charge is 0.508 e. The van der Waals surface area contributed by atoms with E-state index < -0.39 is 17.5 Å². The lowest BCUT2D eigenvalue weighted by Gasteiger charge is -2.29. The number of ether oxygens (including phenoxy) is 3. The first-order valence-corrected chi connectivity index (χ1v) is 4.25. The second-order valence-electron chi connectivity index (χ2n) is 3.31. The van der Waals surface area contributed by atoms with Crippen LogP contribution in [0.15, 0.2) is 0 Å². The van der Waals surface area contributed by atoms with E-state index in [0.717, 1.165) is 0 Å². The summed E-state index contributed by atoms with van der Waals surface area (Å²) in [6.07, 6.45) is -0.755. The Balaban J connectivity index is 2.48. The van der Waals surface area contributed by atoms with E-state index in [9.17, 15) is 9.59 Å². The Labute approximate surface area is 81.3 Å². The van der Waals surface area contributed by atoms with E-state index in [0.29, 0.717) is 0 Å². The first-order chi connectivity index (χ1) is 6.58. The van der Waals surface area contributed by atoms with Crippen LogP contribution in [0.25, 0.3) is 0 Å². The van der Waals surface area contributed by atoms with Crippen LogP contribution in [0, 0.1) is 5.41 Å². The van der Waals surface area contributed by atoms with E-state index in [1.807, 2.05) is 0 Å². The lowest BCUT2D eigenvalue weighted by atomic mass is 9.93. The fourth-order valence-electron chi connectivity index (χ4n) is 0.963. The van der Waals surface area contributed by atoms with Crippen LogP contribution in [0.3, 0.4) is 0 Å². The molecular weight excluding hydrogens is 190 g/mol. The number of cyclic esters (lactones) is 2. The first-order valence-electron chi connectivity index (χ1n) is 4.25. The van der Waals surface area contributed by atoms with Crippen LogP contribution in [0.5, 0.6) is 0 Å². The molecule has 1 fully saturated rings. The van der Waals surface area contributed by atoms with Crippen molar-refractivity contribution in [3.05, 3.63) is 0 Å². The molecule has 1 heterocycles. The smallest absolute Gasteiger partial charge is 0.464 e. The van der Waals surface area contributed by atoms with Gasteiger partial charge in [0.05, 0.1) is 0 Å². The van der Waals surface area contributed by atoms with Gasteiger partial charge in [0.25, 0.3) is 0 Å². The van der Waals surface area contributed by atoms with Gasteiger partial charge in [-0.15, -0.1) is 0 Å². The van der Waals surface area contributed by atoms with Gasteiger partial charge >= 0.3 is 12.1 Å². The van der Waals surface area contributed by atoms with Gasteiger partial charge in [0.2, 0.25) is 0 Å². The van der Waals surface area contributed by atoms with Crippen LogP contribution < -0.4 is 5.73 Å². The molecular formula is C8H13NO5. The Morgan fingerprint density at radius 2 is 2.14 bits per heavy atom. The molecule has 0 unspecified atom stereocenters. The first kappa shape index (κ1) is 10.8. The molecule has 1 aliphatic rings. The maximum atomic E-state index is 11.4. The van der Waals surface area contributed by atoms with Gasteiger partial charge in [-0.05, 0) is 6.92 Å². The van der Waals surface area contributed by atoms with E-state index in [4.69, 9.17) is 10.5 Å². The summed E-state index contributed by atoms with van der Waals surface area (Å²) in [7, 11) is 0. The molecule has 0 aromatic heterocycles. The van der Waals surface area contributed by atoms with E-state index in [1.54, 1.807) is 6.92 Å². The number of hydrogen-bond acceptors (Lipinski definition) is 6. The number of carbonyl (C=O) groups is 2. The molecule has 0 atom stereocenters. The molecule has 0 amide bonds. The molecule has 6 nitrogen and oxygen atoms in total. The van der Waals surface area contributed by atoms with Gasteiger partial charge in [-0.1, -0.05) is 0 Å². The maximum Gasteiger partial charge on any atom is 0.508 e. The molecule has 1 rings (SSSR count). The van der Waals surface area contributed by atoms with Gasteiger partial charge in [0.1, 0.15) is 25.2 Å². The third-order valence-corrected chi connectivity index (χ3v) is 1.86. The lowest BCUT2D eigenvalue weighted by molar-refractivity contribution is -0.165. The monoisotopic (exact) mass is 203 g/mol. The van der Waals surface area contributed by atoms with Crippen LogP contribution in [0.4, 0.5) is 4.79 Å². The molecule has 2 N–H and O–H groups in total. The predicted octanol–water partition coefficient (Wildman–Crippen LogP) is -0.339. The Kier molecular flexibility index (Phi) is 3.29. The number of carbonyl (C=O) groups excluding carboxylic acids is 2. The van der Waals surface area contributed by atoms with Crippen molar-refractivity contribution in [2.45, 2.75) is 6.92 Å². The van der Waals surface area contributed by atoms with E-state index in [2.05, 4.69) is 9.47 Å². The molecule has 80 valence electrons. The van der Waals surface area contributed by atoms with Crippen molar-refractivity contribution in [1.82, 2.24) is 0 Å². The number of nitrogens with two attached hydrogens (primary N) is 1. The molecule has 6 heteroatoms. The van der Waals surface area contributed by atoms with E-state index >= 15 is 0 Å². The zero-order valence-corrected chi connectivity index (χ0v) is 7.95. The third kappa shape index (κ3) is 2.35. The molecule has 0 saturated carbocycles. The minimum absolute atomic E-state index is 0.0186. The zero-order valence-electron chi connectivity index (χ0n) is 7.95. The Bertz CT molecular complexity index is 230. The Morgan fingerprint density at radius 1 is 1.57 bits per heavy atom. The highest BCUT2D eigenvalue weighted by atomic mass is 16.7. The van der Waals surface area contributed by atoms with Crippen molar-refractivity contribution in [1.29, 1.82) is 0 Å². The molecule has 1 aliphatic heterocycles. The summed E-state index contributed by atoms with van der Waals surface area (Å²) in [5.41, 5.74) is 4.26. The second kappa shape index (κ2) is 4.28. The standard InChI is InChI=1S/C8H13NO5/c1-8(6(10)12-3-2-9)4-13-7(11)14-5-8/h2-5,9H2,1H3. The van der Waals surface area contributed by atoms with Crippen molar-refractivity contribution in [2.75, 3.05) is 26.4 Å². The van der Waals surface area contributed by atoms with Crippen molar-refractivity contribution in [3.63, 3.8) is 0 Å². The summed E-state index contributed by atoms with van der Waals surface area (Å²) in [6, 6.07) is 0. The quantitative estimate of drug-likeness (QED) is 0.631. The van der Waals surface area contributed by atoms with Gasteiger partial charge in [0, 0.05) is 6.54 Å². The Hall–Kier alpha value is -1.30. The van der Waals surface area contributed by atoms with Crippen LogP contribution in [-0.4, -0.2) is 38.5 Å². The zero-order chi connectivity index (χ0) is 10.6. The highest BCUT2D eigenvalue weighted by Gasteiger charge is 2.41. The van der Waals surface area contributed by atoms with Gasteiger partial charge in [-0.2, -0.15) is 0 Å². The highest BCUT2D eigenvalue weighted by molar-refractivity contribution is 5.78. The summed E-state index contributed by atoms with van der Waals surface area (Å²) in [4.78, 5) is 22.0. The number of rotatable bonds is 3. The normalized spacial score (nSPS) is 19.4. The summed E-state index contributed by atoms with van der Waals surface area (Å²) < 4.78 is 14.0. The number of esters is 1. The van der Waals surface area contributed by atoms with Gasteiger partial charge < -0.3 is 19.9 Å². The molecule has 0 aromatic carbocycles. The molecule has 0 bridgehead atoms. The molecule has 0 radical (unpaired) electrons. The van der Waals surface area contributed by atoms with Crippen molar-refractivity contribution in [2.24, 2.45) is 11.1 Å². The lowest BCUT2D eigenvalue weighted by Crippen LogP contribution is -2.44. The van der Waals surface area contributed by atoms with Crippen molar-refractivity contribution in [3.8, 4) is 0 Å². The molecule has 14 heavy (non-hydrogen) atoms. The molecule has 0 aliphatic carbocycles. The van der Waals surface area contributed by atoms with Gasteiger partial charge in [-0.25, -0.2) is 4.79 Å². The fraction of sp³-hybridized carbons (Fsp3) is 0.750. The topological polar surface area (TPSA) is 87.9 Å². The summed E-state index contributed by atoms with van der Waals surface area (Å²) in [6.45, 7) is 1.99. The van der Waals surface area contributed by atoms with Crippen molar-refractivity contribution < 1.29 is 23.8 Å². The second-order valence-corrected chi connectivity index (χ2v) is 3.31. The summed E-state index contributed by atoms with van der Waals surface area (Å²) in [5.74, 6) is -0.463. The molecule has 0 aromatic rings. The summed E-state index contributed by atoms with van der Waals surface area (Å²) >= 11 is 0. The van der Waals surface area contributed by atoms with Crippen LogP contribution in [0.2, 0.25) is 0 Å². The average Bonchev–Trinajstić information content (AvgIpc) is 2.19. The predicted molar refractivity (Wildman–Crippen MR) is 45.4 cm³/mol. The van der Waals surface area contributed by atoms with Gasteiger partial charge in [0.15, 0.2) is 0 Å². The van der Waals surface area contributed by atoms with E-state index in [1.165, 1.54) is 0 Å². The van der Waals surface area contributed by atoms with Crippen LogP contribution in [-0.2, 0) is 19.0 Å². The number of hydrogen-bond donors (Lipinski definition) is 1. The van der Waals surface area contributed by atoms with Crippen molar-refractivity contribution >= 4 is 12.1 Å². The Morgan fingerprint density at radius 3 is 2.64 bits per heavy atom. The highest BCUT2D eigenvalue weighted by Crippen LogP contribution is 2.23.